The number of nitrogens with zero attached hydrogens (tertiary/aromatic N) is 1. The van der Waals surface area contributed by atoms with Crippen LogP contribution in [0.1, 0.15) is 35.6 Å². The van der Waals surface area contributed by atoms with Crippen LogP contribution in [-0.2, 0) is 13.0 Å². The Bertz CT molecular complexity index is 630. The second-order valence-corrected chi connectivity index (χ2v) is 5.72. The lowest BCUT2D eigenvalue weighted by molar-refractivity contribution is 0.299. The van der Waals surface area contributed by atoms with Gasteiger partial charge in [0.15, 0.2) is 0 Å². The fourth-order valence-electron chi connectivity index (χ4n) is 2.93. The average molecular weight is 303 g/mol. The monoisotopic (exact) mass is 302 g/mol. The second kappa shape index (κ2) is 6.46. The number of fused-ring (bicyclic) bond motifs is 1. The average Bonchev–Trinajstić information content (AvgIpc) is 2.53. The summed E-state index contributed by atoms with van der Waals surface area (Å²) in [6.45, 7) is 0.474. The molecule has 1 aliphatic rings. The molecule has 3 nitrogen and oxygen atoms in total. The van der Waals surface area contributed by atoms with Crippen LogP contribution in [0.25, 0.3) is 0 Å². The predicted octanol–water partition coefficient (Wildman–Crippen LogP) is 3.91. The molecule has 0 aliphatic heterocycles. The normalized spacial score (nSPS) is 17.3. The Morgan fingerprint density at radius 2 is 2.29 bits per heavy atom. The van der Waals surface area contributed by atoms with Gasteiger partial charge in [0.1, 0.15) is 12.4 Å². The van der Waals surface area contributed by atoms with Crippen LogP contribution in [0, 0.1) is 0 Å². The Morgan fingerprint density at radius 1 is 1.38 bits per heavy atom. The van der Waals surface area contributed by atoms with E-state index in [1.807, 2.05) is 19.2 Å². The Morgan fingerprint density at radius 3 is 3.10 bits per heavy atom. The van der Waals surface area contributed by atoms with Crippen LogP contribution in [0.2, 0.25) is 5.02 Å². The minimum Gasteiger partial charge on any atom is -0.489 e. The van der Waals surface area contributed by atoms with Gasteiger partial charge >= 0.3 is 0 Å². The Hall–Kier alpha value is -1.58. The lowest BCUT2D eigenvalue weighted by Crippen LogP contribution is -2.22. The van der Waals surface area contributed by atoms with Crippen molar-refractivity contribution in [3.05, 3.63) is 58.4 Å². The van der Waals surface area contributed by atoms with Crippen molar-refractivity contribution in [2.45, 2.75) is 31.9 Å². The predicted molar refractivity (Wildman–Crippen MR) is 84.8 cm³/mol. The lowest BCUT2D eigenvalue weighted by Gasteiger charge is -2.27. The molecule has 3 rings (SSSR count). The molecule has 1 aromatic carbocycles. The highest BCUT2D eigenvalue weighted by Crippen LogP contribution is 2.35. The highest BCUT2D eigenvalue weighted by atomic mass is 35.5. The maximum atomic E-state index is 6.13. The number of halogens is 1. The number of benzene rings is 1. The van der Waals surface area contributed by atoms with Gasteiger partial charge in [-0.3, -0.25) is 4.98 Å². The van der Waals surface area contributed by atoms with Gasteiger partial charge in [0, 0.05) is 24.0 Å². The second-order valence-electron chi connectivity index (χ2n) is 5.31. The van der Waals surface area contributed by atoms with Gasteiger partial charge in [-0.05, 0) is 49.6 Å². The van der Waals surface area contributed by atoms with Crippen molar-refractivity contribution in [1.82, 2.24) is 10.3 Å². The van der Waals surface area contributed by atoms with Crippen molar-refractivity contribution in [2.75, 3.05) is 7.05 Å². The zero-order chi connectivity index (χ0) is 14.7. The molecule has 1 aromatic heterocycles. The summed E-state index contributed by atoms with van der Waals surface area (Å²) in [6.07, 6.45) is 6.84. The summed E-state index contributed by atoms with van der Waals surface area (Å²) < 4.78 is 6.02. The summed E-state index contributed by atoms with van der Waals surface area (Å²) in [4.78, 5) is 4.00. The summed E-state index contributed by atoms with van der Waals surface area (Å²) in [5.74, 6) is 0.973. The minimum atomic E-state index is 0.432. The summed E-state index contributed by atoms with van der Waals surface area (Å²) in [6, 6.07) is 8.64. The van der Waals surface area contributed by atoms with Crippen molar-refractivity contribution in [3.8, 4) is 5.75 Å². The van der Waals surface area contributed by atoms with Crippen LogP contribution in [0.5, 0.6) is 5.75 Å². The molecule has 110 valence electrons. The number of pyridine rings is 1. The van der Waals surface area contributed by atoms with Crippen molar-refractivity contribution in [2.24, 2.45) is 0 Å². The summed E-state index contributed by atoms with van der Waals surface area (Å²) in [7, 11) is 2.02. The van der Waals surface area contributed by atoms with Gasteiger partial charge in [0.25, 0.3) is 0 Å². The fraction of sp³-hybridized carbons (Fsp3) is 0.353. The zero-order valence-electron chi connectivity index (χ0n) is 12.1. The molecule has 0 radical (unpaired) electrons. The molecular weight excluding hydrogens is 284 g/mol. The van der Waals surface area contributed by atoms with E-state index in [0.717, 1.165) is 17.7 Å². The maximum absolute atomic E-state index is 6.13. The van der Waals surface area contributed by atoms with E-state index in [9.17, 15) is 0 Å². The molecule has 0 fully saturated rings. The van der Waals surface area contributed by atoms with Crippen LogP contribution in [0.3, 0.4) is 0 Å². The minimum absolute atomic E-state index is 0.432. The number of rotatable bonds is 4. The molecular formula is C17H19ClN2O. The quantitative estimate of drug-likeness (QED) is 0.930. The molecule has 1 atom stereocenters. The molecule has 21 heavy (non-hydrogen) atoms. The van der Waals surface area contributed by atoms with E-state index in [1.165, 1.54) is 24.0 Å². The van der Waals surface area contributed by atoms with Gasteiger partial charge in [-0.25, -0.2) is 0 Å². The number of ether oxygens (including phenoxy) is 1. The molecule has 2 aromatic rings. The smallest absolute Gasteiger partial charge is 0.123 e. The summed E-state index contributed by atoms with van der Waals surface area (Å²) in [5.41, 5.74) is 3.65. The number of hydrogen-bond acceptors (Lipinski definition) is 3. The van der Waals surface area contributed by atoms with Gasteiger partial charge < -0.3 is 10.1 Å². The fourth-order valence-corrected chi connectivity index (χ4v) is 3.10. The standard InChI is InChI=1S/C17H19ClN2O/c1-19-16-6-2-5-14-13(16)4-3-7-17(14)21-11-12-8-9-20-10-15(12)18/h3-4,7-10,16,19H,2,5-6,11H2,1H3. The van der Waals surface area contributed by atoms with E-state index in [-0.39, 0.29) is 0 Å². The molecule has 0 bridgehead atoms. The topological polar surface area (TPSA) is 34.1 Å². The van der Waals surface area contributed by atoms with E-state index >= 15 is 0 Å². The Balaban J connectivity index is 1.82. The zero-order valence-corrected chi connectivity index (χ0v) is 12.9. The largest absolute Gasteiger partial charge is 0.489 e. The first-order valence-electron chi connectivity index (χ1n) is 7.30. The first-order valence-corrected chi connectivity index (χ1v) is 7.67. The third kappa shape index (κ3) is 3.04. The van der Waals surface area contributed by atoms with Gasteiger partial charge in [0.05, 0.1) is 5.02 Å². The molecule has 0 saturated carbocycles. The van der Waals surface area contributed by atoms with E-state index < -0.39 is 0 Å². The third-order valence-electron chi connectivity index (χ3n) is 4.05. The van der Waals surface area contributed by atoms with Crippen molar-refractivity contribution in [1.29, 1.82) is 0 Å². The molecule has 4 heteroatoms. The summed E-state index contributed by atoms with van der Waals surface area (Å²) in [5, 5.41) is 4.03. The molecule has 1 heterocycles. The SMILES string of the molecule is CNC1CCCc2c(OCc3ccncc3Cl)cccc21. The highest BCUT2D eigenvalue weighted by molar-refractivity contribution is 6.31. The van der Waals surface area contributed by atoms with Crippen molar-refractivity contribution < 1.29 is 4.74 Å². The summed E-state index contributed by atoms with van der Waals surface area (Å²) >= 11 is 6.13. The van der Waals surface area contributed by atoms with E-state index in [2.05, 4.69) is 22.4 Å². The molecule has 1 unspecified atom stereocenters. The third-order valence-corrected chi connectivity index (χ3v) is 4.39. The van der Waals surface area contributed by atoms with E-state index in [4.69, 9.17) is 16.3 Å². The van der Waals surface area contributed by atoms with Gasteiger partial charge in [-0.1, -0.05) is 23.7 Å². The van der Waals surface area contributed by atoms with Crippen molar-refractivity contribution in [3.63, 3.8) is 0 Å². The van der Waals surface area contributed by atoms with E-state index in [1.54, 1.807) is 12.4 Å². The van der Waals surface area contributed by atoms with Crippen LogP contribution in [0.4, 0.5) is 0 Å². The van der Waals surface area contributed by atoms with Crippen LogP contribution in [0.15, 0.2) is 36.7 Å². The van der Waals surface area contributed by atoms with Gasteiger partial charge in [0.2, 0.25) is 0 Å². The number of nitrogens with one attached hydrogen (secondary N) is 1. The highest BCUT2D eigenvalue weighted by Gasteiger charge is 2.21. The van der Waals surface area contributed by atoms with Crippen molar-refractivity contribution >= 4 is 11.6 Å². The molecule has 0 saturated heterocycles. The Labute approximate surface area is 130 Å². The van der Waals surface area contributed by atoms with Crippen LogP contribution < -0.4 is 10.1 Å². The lowest BCUT2D eigenvalue weighted by atomic mass is 9.87. The number of aromatic nitrogens is 1. The first kappa shape index (κ1) is 14.4. The van der Waals surface area contributed by atoms with Gasteiger partial charge in [-0.2, -0.15) is 0 Å². The van der Waals surface area contributed by atoms with Crippen LogP contribution >= 0.6 is 11.6 Å². The number of hydrogen-bond donors (Lipinski definition) is 1. The molecule has 0 amide bonds. The van der Waals surface area contributed by atoms with Crippen LogP contribution in [-0.4, -0.2) is 12.0 Å². The van der Waals surface area contributed by atoms with E-state index in [0.29, 0.717) is 17.7 Å². The van der Waals surface area contributed by atoms with Gasteiger partial charge in [-0.15, -0.1) is 0 Å². The Kier molecular flexibility index (Phi) is 4.42. The molecule has 1 aliphatic carbocycles. The first-order chi connectivity index (χ1) is 10.3. The maximum Gasteiger partial charge on any atom is 0.123 e. The molecule has 0 spiro atoms. The molecule has 1 N–H and O–H groups in total.